The van der Waals surface area contributed by atoms with Crippen LogP contribution in [-0.2, 0) is 19.6 Å². The molecule has 0 bridgehead atoms. The molecule has 2 saturated carbocycles. The Hall–Kier alpha value is -2.39. The Bertz CT molecular complexity index is 1340. The summed E-state index contributed by atoms with van der Waals surface area (Å²) < 4.78 is 49.5. The fourth-order valence-corrected chi connectivity index (χ4v) is 8.55. The van der Waals surface area contributed by atoms with Crippen molar-refractivity contribution in [1.29, 1.82) is 5.26 Å². The predicted octanol–water partition coefficient (Wildman–Crippen LogP) is 5.52. The van der Waals surface area contributed by atoms with Crippen molar-refractivity contribution < 1.29 is 22.3 Å². The van der Waals surface area contributed by atoms with Crippen molar-refractivity contribution in [3.8, 4) is 6.07 Å². The summed E-state index contributed by atoms with van der Waals surface area (Å²) in [5.41, 5.74) is 0.946. The summed E-state index contributed by atoms with van der Waals surface area (Å²) in [5, 5.41) is 13.7. The molecule has 230 valence electrons. The summed E-state index contributed by atoms with van der Waals surface area (Å²) in [5.74, 6) is -0.825. The van der Waals surface area contributed by atoms with E-state index in [1.807, 2.05) is 38.0 Å². The number of carbonyl (C=O) groups is 1. The molecule has 0 aromatic heterocycles. The minimum absolute atomic E-state index is 0.0490. The van der Waals surface area contributed by atoms with Crippen LogP contribution in [0.25, 0.3) is 0 Å². The lowest BCUT2D eigenvalue weighted by atomic mass is 9.84. The minimum atomic E-state index is -4.44. The van der Waals surface area contributed by atoms with E-state index in [4.69, 9.17) is 4.74 Å². The number of rotatable bonds is 12. The maximum atomic E-state index is 15.6. The van der Waals surface area contributed by atoms with Crippen LogP contribution >= 0.6 is 11.8 Å². The van der Waals surface area contributed by atoms with Gasteiger partial charge in [-0.15, -0.1) is 0 Å². The van der Waals surface area contributed by atoms with Crippen molar-refractivity contribution in [1.82, 2.24) is 9.62 Å². The standard InChI is InChI=1S/C31H43FN4O4S2/c1-36(2)17-14-22-12-13-28(26(22)21-41-24-10-6-4-7-11-24)34-29-23(20-33)18-25(19-27(29)32)42(38,39)35-30(37)31(40-3)15-8-5-9-16-31/h12-13,18-19,24,28,34H,4-11,14-17,21H2,1-3H3,(H,35,37). The molecule has 3 aliphatic carbocycles. The lowest BCUT2D eigenvalue weighted by Gasteiger charge is -2.34. The molecule has 0 spiro atoms. The first-order chi connectivity index (χ1) is 20.1. The second-order valence-electron chi connectivity index (χ2n) is 11.8. The number of hydrogen-bond donors (Lipinski definition) is 2. The quantitative estimate of drug-likeness (QED) is 0.315. The van der Waals surface area contributed by atoms with Crippen LogP contribution in [0.3, 0.4) is 0 Å². The van der Waals surface area contributed by atoms with Gasteiger partial charge >= 0.3 is 0 Å². The highest BCUT2D eigenvalue weighted by Gasteiger charge is 2.41. The van der Waals surface area contributed by atoms with Gasteiger partial charge in [-0.25, -0.2) is 17.5 Å². The molecule has 1 unspecified atom stereocenters. The Balaban J connectivity index is 1.55. The topological polar surface area (TPSA) is 112 Å². The molecule has 3 aliphatic rings. The zero-order valence-corrected chi connectivity index (χ0v) is 26.5. The van der Waals surface area contributed by atoms with Crippen molar-refractivity contribution in [2.24, 2.45) is 0 Å². The number of benzene rings is 1. The van der Waals surface area contributed by atoms with Gasteiger partial charge in [-0.05, 0) is 69.5 Å². The number of ether oxygens (including phenoxy) is 1. The molecule has 2 fully saturated rings. The van der Waals surface area contributed by atoms with Crippen LogP contribution in [0.15, 0.2) is 40.3 Å². The number of carbonyl (C=O) groups excluding carboxylic acids is 1. The summed E-state index contributed by atoms with van der Waals surface area (Å²) in [4.78, 5) is 14.7. The van der Waals surface area contributed by atoms with Gasteiger partial charge in [0.05, 0.1) is 22.2 Å². The van der Waals surface area contributed by atoms with E-state index in [0.717, 1.165) is 55.7 Å². The van der Waals surface area contributed by atoms with E-state index >= 15 is 4.39 Å². The number of nitriles is 1. The molecule has 4 rings (SSSR count). The van der Waals surface area contributed by atoms with Crippen LogP contribution < -0.4 is 10.0 Å². The van der Waals surface area contributed by atoms with Crippen LogP contribution in [0.2, 0.25) is 0 Å². The number of nitrogens with one attached hydrogen (secondary N) is 2. The van der Waals surface area contributed by atoms with Gasteiger partial charge in [-0.2, -0.15) is 17.0 Å². The van der Waals surface area contributed by atoms with Crippen LogP contribution in [-0.4, -0.2) is 69.6 Å². The summed E-state index contributed by atoms with van der Waals surface area (Å²) in [7, 11) is 1.01. The summed E-state index contributed by atoms with van der Waals surface area (Å²) in [6.45, 7) is 0.879. The third-order valence-electron chi connectivity index (χ3n) is 8.62. The second-order valence-corrected chi connectivity index (χ2v) is 14.8. The van der Waals surface area contributed by atoms with Crippen LogP contribution in [0, 0.1) is 17.1 Å². The Kier molecular flexibility index (Phi) is 11.1. The van der Waals surface area contributed by atoms with Crippen molar-refractivity contribution >= 4 is 33.4 Å². The van der Waals surface area contributed by atoms with Crippen molar-refractivity contribution in [2.75, 3.05) is 38.8 Å². The highest BCUT2D eigenvalue weighted by molar-refractivity contribution is 8.00. The zero-order chi connectivity index (χ0) is 30.3. The normalized spacial score (nSPS) is 21.0. The molecule has 1 amide bonds. The number of anilines is 1. The largest absolute Gasteiger partial charge is 0.372 e. The molecule has 8 nitrogen and oxygen atoms in total. The van der Waals surface area contributed by atoms with Crippen LogP contribution in [0.5, 0.6) is 0 Å². The molecule has 11 heteroatoms. The van der Waals surface area contributed by atoms with Crippen LogP contribution in [0.4, 0.5) is 10.1 Å². The number of amides is 1. The van der Waals surface area contributed by atoms with Crippen molar-refractivity contribution in [3.63, 3.8) is 0 Å². The highest BCUT2D eigenvalue weighted by atomic mass is 32.2. The molecule has 0 saturated heterocycles. The van der Waals surface area contributed by atoms with Crippen molar-refractivity contribution in [2.45, 2.75) is 92.4 Å². The Morgan fingerprint density at radius 3 is 2.50 bits per heavy atom. The average molecular weight is 619 g/mol. The number of thioether (sulfide) groups is 1. The highest BCUT2D eigenvalue weighted by Crippen LogP contribution is 2.36. The number of methoxy groups -OCH3 is 1. The van der Waals surface area contributed by atoms with E-state index in [1.54, 1.807) is 0 Å². The first-order valence-electron chi connectivity index (χ1n) is 14.9. The lowest BCUT2D eigenvalue weighted by Crippen LogP contribution is -2.51. The van der Waals surface area contributed by atoms with Crippen molar-refractivity contribution in [3.05, 3.63) is 46.8 Å². The van der Waals surface area contributed by atoms with E-state index < -0.39 is 32.2 Å². The second kappa shape index (κ2) is 14.4. The molecule has 0 radical (unpaired) electrons. The fraction of sp³-hybridized carbons (Fsp3) is 0.613. The molecule has 42 heavy (non-hydrogen) atoms. The van der Waals surface area contributed by atoms with Gasteiger partial charge in [0.15, 0.2) is 0 Å². The minimum Gasteiger partial charge on any atom is -0.372 e. The zero-order valence-electron chi connectivity index (χ0n) is 24.9. The van der Waals surface area contributed by atoms with Gasteiger partial charge < -0.3 is 15.0 Å². The molecule has 0 aliphatic heterocycles. The number of allylic oxidation sites excluding steroid dienone is 1. The van der Waals surface area contributed by atoms with Gasteiger partial charge in [-0.3, -0.25) is 4.79 Å². The fourth-order valence-electron chi connectivity index (χ4n) is 6.03. The molecule has 0 heterocycles. The van der Waals surface area contributed by atoms with Gasteiger partial charge in [0.1, 0.15) is 17.5 Å². The van der Waals surface area contributed by atoms with E-state index in [2.05, 4.69) is 21.0 Å². The van der Waals surface area contributed by atoms with E-state index in [1.165, 1.54) is 44.8 Å². The first kappa shape index (κ1) is 32.5. The number of hydrogen-bond acceptors (Lipinski definition) is 8. The average Bonchev–Trinajstić information content (AvgIpc) is 3.37. The summed E-state index contributed by atoms with van der Waals surface area (Å²) in [6.07, 6.45) is 14.4. The molecular formula is C31H43FN4O4S2. The molecular weight excluding hydrogens is 575 g/mol. The van der Waals surface area contributed by atoms with Gasteiger partial charge in [0.25, 0.3) is 15.9 Å². The third kappa shape index (κ3) is 7.76. The van der Waals surface area contributed by atoms with E-state index in [-0.39, 0.29) is 17.3 Å². The Morgan fingerprint density at radius 2 is 1.86 bits per heavy atom. The Morgan fingerprint density at radius 1 is 1.17 bits per heavy atom. The summed E-state index contributed by atoms with van der Waals surface area (Å²) in [6, 6.07) is 3.63. The van der Waals surface area contributed by atoms with Crippen LogP contribution in [0.1, 0.15) is 76.2 Å². The Labute approximate surface area is 254 Å². The molecule has 2 N–H and O–H groups in total. The van der Waals surface area contributed by atoms with Gasteiger partial charge in [0, 0.05) is 24.7 Å². The maximum absolute atomic E-state index is 15.6. The lowest BCUT2D eigenvalue weighted by molar-refractivity contribution is -0.145. The smallest absolute Gasteiger partial charge is 0.265 e. The molecule has 1 atom stereocenters. The van der Waals surface area contributed by atoms with E-state index in [0.29, 0.717) is 18.1 Å². The number of halogens is 1. The molecule has 1 aromatic rings. The van der Waals surface area contributed by atoms with Gasteiger partial charge in [-0.1, -0.05) is 50.7 Å². The summed E-state index contributed by atoms with van der Waals surface area (Å²) >= 11 is 1.95. The first-order valence-corrected chi connectivity index (χ1v) is 17.4. The maximum Gasteiger partial charge on any atom is 0.265 e. The molecule has 1 aromatic carbocycles. The predicted molar refractivity (Wildman–Crippen MR) is 165 cm³/mol. The third-order valence-corrected chi connectivity index (χ3v) is 11.4. The monoisotopic (exact) mass is 618 g/mol. The number of sulfonamides is 1. The van der Waals surface area contributed by atoms with E-state index in [9.17, 15) is 18.5 Å². The van der Waals surface area contributed by atoms with Gasteiger partial charge in [0.2, 0.25) is 0 Å². The number of nitrogens with zero attached hydrogens (tertiary/aromatic N) is 2. The SMILES string of the molecule is COC1(C(=O)NS(=O)(=O)c2cc(F)c(NC3C=CC(CCN(C)C)=C3CSC3CCCCC3)c(C#N)c2)CCCCC1.